The van der Waals surface area contributed by atoms with Crippen molar-refractivity contribution in [3.8, 4) is 0 Å². The molecule has 0 fully saturated rings. The van der Waals surface area contributed by atoms with E-state index in [1.165, 1.54) is 0 Å². The minimum Gasteiger partial charge on any atom is -0.481 e. The highest BCUT2D eigenvalue weighted by atomic mass is 16.5. The number of hydrogen-bond donors (Lipinski definition) is 4. The van der Waals surface area contributed by atoms with Crippen molar-refractivity contribution in [2.24, 2.45) is 0 Å². The molecule has 0 bridgehead atoms. The number of carboxylic acids is 2. The van der Waals surface area contributed by atoms with E-state index in [2.05, 4.69) is 10.1 Å². The zero-order chi connectivity index (χ0) is 14.8. The maximum Gasteiger partial charge on any atom is 0.326 e. The number of carbonyl (C=O) groups excluding carboxylic acids is 2. The third kappa shape index (κ3) is 8.41. The molecule has 0 aliphatic carbocycles. The summed E-state index contributed by atoms with van der Waals surface area (Å²) in [6.07, 6.45) is -0.793. The monoisotopic (exact) mass is 276 g/mol. The molecule has 0 spiro atoms. The zero-order valence-electron chi connectivity index (χ0n) is 10.3. The summed E-state index contributed by atoms with van der Waals surface area (Å²) in [7, 11) is 0. The number of hydrogen-bond acceptors (Lipinski definition) is 5. The fraction of sp³-hybridized carbons (Fsp3) is 0.600. The highest BCUT2D eigenvalue weighted by Gasteiger charge is 2.22. The van der Waals surface area contributed by atoms with E-state index in [1.807, 2.05) is 5.32 Å². The number of urea groups is 1. The van der Waals surface area contributed by atoms with Gasteiger partial charge >= 0.3 is 23.9 Å². The Labute approximate surface area is 108 Å². The first-order chi connectivity index (χ1) is 8.86. The van der Waals surface area contributed by atoms with Gasteiger partial charge in [-0.2, -0.15) is 0 Å². The highest BCUT2D eigenvalue weighted by Crippen LogP contribution is 1.93. The van der Waals surface area contributed by atoms with E-state index in [4.69, 9.17) is 10.2 Å². The van der Waals surface area contributed by atoms with Crippen molar-refractivity contribution in [3.05, 3.63) is 0 Å². The van der Waals surface area contributed by atoms with Crippen LogP contribution in [0.25, 0.3) is 0 Å². The number of rotatable bonds is 8. The lowest BCUT2D eigenvalue weighted by atomic mass is 10.2. The summed E-state index contributed by atoms with van der Waals surface area (Å²) in [5, 5.41) is 21.3. The van der Waals surface area contributed by atoms with Gasteiger partial charge < -0.3 is 25.6 Å². The number of amides is 2. The van der Waals surface area contributed by atoms with Crippen molar-refractivity contribution in [1.29, 1.82) is 0 Å². The molecule has 9 nitrogen and oxygen atoms in total. The van der Waals surface area contributed by atoms with Crippen molar-refractivity contribution in [2.45, 2.75) is 25.8 Å². The summed E-state index contributed by atoms with van der Waals surface area (Å²) in [5.41, 5.74) is 0. The van der Waals surface area contributed by atoms with Crippen LogP contribution in [0.3, 0.4) is 0 Å². The molecular weight excluding hydrogens is 260 g/mol. The molecular formula is C10H16N2O7. The molecule has 1 atom stereocenters. The Bertz CT molecular complexity index is 356. The van der Waals surface area contributed by atoms with Crippen LogP contribution < -0.4 is 10.6 Å². The first-order valence-corrected chi connectivity index (χ1v) is 5.51. The predicted molar refractivity (Wildman–Crippen MR) is 61.5 cm³/mol. The Morgan fingerprint density at radius 3 is 2.32 bits per heavy atom. The average Bonchev–Trinajstić information content (AvgIpc) is 2.27. The molecule has 9 heteroatoms. The summed E-state index contributed by atoms with van der Waals surface area (Å²) in [6.45, 7) is 1.83. The number of ether oxygens (including phenoxy) is 1. The first-order valence-electron chi connectivity index (χ1n) is 5.51. The first kappa shape index (κ1) is 16.7. The summed E-state index contributed by atoms with van der Waals surface area (Å²) < 4.78 is 4.61. The third-order valence-corrected chi connectivity index (χ3v) is 1.90. The van der Waals surface area contributed by atoms with Crippen LogP contribution in [0.5, 0.6) is 0 Å². The van der Waals surface area contributed by atoms with E-state index in [9.17, 15) is 19.2 Å². The van der Waals surface area contributed by atoms with Gasteiger partial charge in [-0.1, -0.05) is 0 Å². The largest absolute Gasteiger partial charge is 0.481 e. The van der Waals surface area contributed by atoms with Crippen LogP contribution in [0.1, 0.15) is 19.8 Å². The van der Waals surface area contributed by atoms with Crippen molar-refractivity contribution >= 4 is 23.9 Å². The Balaban J connectivity index is 4.03. The van der Waals surface area contributed by atoms with Crippen LogP contribution in [-0.4, -0.2) is 53.3 Å². The lowest BCUT2D eigenvalue weighted by molar-refractivity contribution is -0.145. The summed E-state index contributed by atoms with van der Waals surface area (Å²) in [4.78, 5) is 43.2. The molecule has 0 saturated carbocycles. The fourth-order valence-corrected chi connectivity index (χ4v) is 1.10. The minimum absolute atomic E-state index is 0.0376. The minimum atomic E-state index is -1.53. The van der Waals surface area contributed by atoms with Crippen molar-refractivity contribution in [3.63, 3.8) is 0 Å². The number of esters is 1. The molecule has 0 rings (SSSR count). The standard InChI is InChI=1S/C10H16N2O7/c1-2-19-8(15)3-4-11-10(18)12-6(9(16)17)5-7(13)14/h6H,2-5H2,1H3,(H,13,14)(H,16,17)(H2,11,12,18). The summed E-state index contributed by atoms with van der Waals surface area (Å²) in [5.74, 6) is -3.30. The van der Waals surface area contributed by atoms with E-state index >= 15 is 0 Å². The third-order valence-electron chi connectivity index (χ3n) is 1.90. The van der Waals surface area contributed by atoms with Gasteiger partial charge in [0.1, 0.15) is 6.04 Å². The Kier molecular flexibility index (Phi) is 7.66. The summed E-state index contributed by atoms with van der Waals surface area (Å²) in [6, 6.07) is -2.39. The highest BCUT2D eigenvalue weighted by molar-refractivity contribution is 5.86. The van der Waals surface area contributed by atoms with Gasteiger partial charge in [0.2, 0.25) is 0 Å². The van der Waals surface area contributed by atoms with E-state index in [0.717, 1.165) is 0 Å². The second-order valence-electron chi connectivity index (χ2n) is 3.44. The van der Waals surface area contributed by atoms with Gasteiger partial charge in [-0.3, -0.25) is 9.59 Å². The van der Waals surface area contributed by atoms with Crippen LogP contribution in [0.4, 0.5) is 4.79 Å². The van der Waals surface area contributed by atoms with Gasteiger partial charge in [0.15, 0.2) is 0 Å². The van der Waals surface area contributed by atoms with Crippen LogP contribution in [0.15, 0.2) is 0 Å². The molecule has 0 aromatic carbocycles. The maximum atomic E-state index is 11.2. The lowest BCUT2D eigenvalue weighted by Crippen LogP contribution is -2.47. The quantitative estimate of drug-likeness (QED) is 0.423. The van der Waals surface area contributed by atoms with Crippen molar-refractivity contribution < 1.29 is 34.1 Å². The SMILES string of the molecule is CCOC(=O)CCNC(=O)NC(CC(=O)O)C(=O)O. The Morgan fingerprint density at radius 2 is 1.84 bits per heavy atom. The smallest absolute Gasteiger partial charge is 0.326 e. The van der Waals surface area contributed by atoms with Gasteiger partial charge in [0.05, 0.1) is 19.4 Å². The van der Waals surface area contributed by atoms with Crippen molar-refractivity contribution in [2.75, 3.05) is 13.2 Å². The molecule has 0 aliphatic heterocycles. The summed E-state index contributed by atoms with van der Waals surface area (Å²) >= 11 is 0. The van der Waals surface area contributed by atoms with Crippen LogP contribution in [0, 0.1) is 0 Å². The topological polar surface area (TPSA) is 142 Å². The zero-order valence-corrected chi connectivity index (χ0v) is 10.3. The average molecular weight is 276 g/mol. The van der Waals surface area contributed by atoms with Gasteiger partial charge in [0, 0.05) is 6.54 Å². The number of aliphatic carboxylic acids is 2. The Hall–Kier alpha value is -2.32. The van der Waals surface area contributed by atoms with Crippen LogP contribution in [-0.2, 0) is 19.1 Å². The van der Waals surface area contributed by atoms with E-state index < -0.39 is 36.4 Å². The Morgan fingerprint density at radius 1 is 1.21 bits per heavy atom. The van der Waals surface area contributed by atoms with E-state index in [-0.39, 0.29) is 19.6 Å². The molecule has 0 aromatic rings. The van der Waals surface area contributed by atoms with Gasteiger partial charge in [-0.15, -0.1) is 0 Å². The van der Waals surface area contributed by atoms with E-state index in [1.54, 1.807) is 6.92 Å². The molecule has 0 heterocycles. The fourth-order valence-electron chi connectivity index (χ4n) is 1.10. The lowest BCUT2D eigenvalue weighted by Gasteiger charge is -2.13. The maximum absolute atomic E-state index is 11.2. The number of carboxylic acid groups (broad SMARTS) is 2. The molecule has 0 radical (unpaired) electrons. The molecule has 1 unspecified atom stereocenters. The second-order valence-corrected chi connectivity index (χ2v) is 3.44. The van der Waals surface area contributed by atoms with Gasteiger partial charge in [-0.05, 0) is 6.92 Å². The molecule has 108 valence electrons. The molecule has 0 aliphatic rings. The molecule has 0 saturated heterocycles. The second kappa shape index (κ2) is 8.72. The molecule has 4 N–H and O–H groups in total. The number of carbonyl (C=O) groups is 4. The van der Waals surface area contributed by atoms with Crippen LogP contribution in [0.2, 0.25) is 0 Å². The van der Waals surface area contributed by atoms with Crippen molar-refractivity contribution in [1.82, 2.24) is 10.6 Å². The molecule has 19 heavy (non-hydrogen) atoms. The van der Waals surface area contributed by atoms with Gasteiger partial charge in [-0.25, -0.2) is 9.59 Å². The van der Waals surface area contributed by atoms with E-state index in [0.29, 0.717) is 0 Å². The van der Waals surface area contributed by atoms with Gasteiger partial charge in [0.25, 0.3) is 0 Å². The number of nitrogens with one attached hydrogen (secondary N) is 2. The molecule has 0 aromatic heterocycles. The molecule has 2 amide bonds. The van der Waals surface area contributed by atoms with Crippen LogP contribution >= 0.6 is 0 Å². The normalized spacial score (nSPS) is 11.2. The predicted octanol–water partition coefficient (Wildman–Crippen LogP) is -0.833.